The largest absolute Gasteiger partial charge is 0.473 e. The van der Waals surface area contributed by atoms with E-state index in [4.69, 9.17) is 9.84 Å². The van der Waals surface area contributed by atoms with E-state index >= 15 is 0 Å². The summed E-state index contributed by atoms with van der Waals surface area (Å²) in [7, 11) is 1.71. The molecule has 1 aliphatic carbocycles. The number of aryl methyl sites for hydroxylation is 2. The van der Waals surface area contributed by atoms with Crippen molar-refractivity contribution in [2.75, 3.05) is 13.1 Å². The third-order valence-corrected chi connectivity index (χ3v) is 7.30. The van der Waals surface area contributed by atoms with Gasteiger partial charge in [0.05, 0.1) is 24.8 Å². The lowest BCUT2D eigenvalue weighted by atomic mass is 9.82. The predicted molar refractivity (Wildman–Crippen MR) is 121 cm³/mol. The zero-order valence-electron chi connectivity index (χ0n) is 20.0. The Balaban J connectivity index is 1.30. The van der Waals surface area contributed by atoms with Gasteiger partial charge < -0.3 is 20.3 Å². The molecule has 3 atom stereocenters. The Bertz CT molecular complexity index is 1110. The van der Waals surface area contributed by atoms with Crippen molar-refractivity contribution in [3.63, 3.8) is 0 Å². The highest BCUT2D eigenvalue weighted by atomic mass is 19.4. The summed E-state index contributed by atoms with van der Waals surface area (Å²) >= 11 is 0. The van der Waals surface area contributed by atoms with E-state index in [0.717, 1.165) is 30.6 Å². The molecule has 1 unspecified atom stereocenters. The van der Waals surface area contributed by atoms with Crippen molar-refractivity contribution in [2.45, 2.75) is 69.4 Å². The monoisotopic (exact) mass is 509 g/mol. The highest BCUT2D eigenvalue weighted by Gasteiger charge is 2.47. The summed E-state index contributed by atoms with van der Waals surface area (Å²) in [5.74, 6) is 0.495. The van der Waals surface area contributed by atoms with E-state index in [1.807, 2.05) is 5.32 Å². The van der Waals surface area contributed by atoms with Crippen LogP contribution in [0.15, 0.2) is 18.3 Å². The van der Waals surface area contributed by atoms with Gasteiger partial charge >= 0.3 is 12.2 Å². The van der Waals surface area contributed by atoms with Gasteiger partial charge in [-0.25, -0.2) is 9.48 Å². The van der Waals surface area contributed by atoms with Crippen molar-refractivity contribution >= 4 is 11.9 Å². The molecule has 3 amide bonds. The molecule has 196 valence electrons. The van der Waals surface area contributed by atoms with Crippen LogP contribution in [-0.4, -0.2) is 67.8 Å². The summed E-state index contributed by atoms with van der Waals surface area (Å²) in [6.45, 7) is 0.129. The molecule has 1 saturated heterocycles. The summed E-state index contributed by atoms with van der Waals surface area (Å²) in [6, 6.07) is 0.555. The first-order chi connectivity index (χ1) is 17.2. The molecule has 2 fully saturated rings. The number of rotatable bonds is 6. The molecule has 1 saturated carbocycles. The average Bonchev–Trinajstić information content (AvgIpc) is 3.56. The molecule has 0 bridgehead atoms. The van der Waals surface area contributed by atoms with E-state index in [-0.39, 0.29) is 24.4 Å². The Hall–Kier alpha value is -3.25. The molecule has 10 nitrogen and oxygen atoms in total. The fourth-order valence-corrected chi connectivity index (χ4v) is 5.34. The van der Waals surface area contributed by atoms with Crippen molar-refractivity contribution < 1.29 is 27.5 Å². The quantitative estimate of drug-likeness (QED) is 0.623. The van der Waals surface area contributed by atoms with Crippen LogP contribution in [0.5, 0.6) is 5.88 Å². The van der Waals surface area contributed by atoms with Gasteiger partial charge in [-0.3, -0.25) is 9.48 Å². The van der Waals surface area contributed by atoms with Crippen LogP contribution in [0, 0.1) is 5.92 Å². The summed E-state index contributed by atoms with van der Waals surface area (Å²) in [5, 5.41) is 13.9. The number of alkyl halides is 3. The van der Waals surface area contributed by atoms with Crippen molar-refractivity contribution in [2.24, 2.45) is 13.0 Å². The van der Waals surface area contributed by atoms with E-state index in [9.17, 15) is 22.8 Å². The lowest BCUT2D eigenvalue weighted by Crippen LogP contribution is -2.40. The van der Waals surface area contributed by atoms with E-state index < -0.39 is 30.9 Å². The van der Waals surface area contributed by atoms with Crippen LogP contribution >= 0.6 is 0 Å². The lowest BCUT2D eigenvalue weighted by Gasteiger charge is -2.29. The molecule has 5 rings (SSSR count). The molecule has 4 heterocycles. The Morgan fingerprint density at radius 1 is 1.28 bits per heavy atom. The van der Waals surface area contributed by atoms with Gasteiger partial charge in [-0.2, -0.15) is 23.4 Å². The van der Waals surface area contributed by atoms with E-state index in [1.54, 1.807) is 30.1 Å². The number of fused-ring (bicyclic) bond motifs is 1. The molecule has 2 aliphatic heterocycles. The average molecular weight is 510 g/mol. The van der Waals surface area contributed by atoms with Crippen LogP contribution in [0.2, 0.25) is 0 Å². The Morgan fingerprint density at radius 2 is 2.06 bits per heavy atom. The third kappa shape index (κ3) is 5.00. The van der Waals surface area contributed by atoms with Gasteiger partial charge in [-0.1, -0.05) is 19.3 Å². The minimum atomic E-state index is -4.49. The first kappa shape index (κ1) is 24.4. The predicted octanol–water partition coefficient (Wildman–Crippen LogP) is 2.78. The summed E-state index contributed by atoms with van der Waals surface area (Å²) in [6.07, 6.45) is 2.45. The fraction of sp³-hybridized carbons (Fsp3) is 0.652. The van der Waals surface area contributed by atoms with Crippen molar-refractivity contribution in [1.82, 2.24) is 35.1 Å². The normalized spacial score (nSPS) is 23.7. The summed E-state index contributed by atoms with van der Waals surface area (Å²) in [4.78, 5) is 26.2. The van der Waals surface area contributed by atoms with Crippen LogP contribution in [0.1, 0.15) is 60.7 Å². The number of nitrogens with one attached hydrogen (secondary N) is 2. The maximum Gasteiger partial charge on any atom is 0.410 e. The Labute approximate surface area is 206 Å². The number of ether oxygens (including phenoxy) is 1. The summed E-state index contributed by atoms with van der Waals surface area (Å²) in [5.41, 5.74) is 1.15. The first-order valence-corrected chi connectivity index (χ1v) is 12.3. The maximum atomic E-state index is 13.0. The second-order valence-corrected chi connectivity index (χ2v) is 9.80. The van der Waals surface area contributed by atoms with Crippen molar-refractivity contribution in [1.29, 1.82) is 0 Å². The fourth-order valence-electron chi connectivity index (χ4n) is 5.34. The number of aromatic nitrogens is 4. The molecular formula is C23H30F3N7O3. The number of amides is 3. The van der Waals surface area contributed by atoms with Crippen LogP contribution in [0.3, 0.4) is 0 Å². The highest BCUT2D eigenvalue weighted by Crippen LogP contribution is 2.36. The van der Waals surface area contributed by atoms with Gasteiger partial charge in [0, 0.05) is 32.3 Å². The maximum absolute atomic E-state index is 13.0. The van der Waals surface area contributed by atoms with E-state index in [1.165, 1.54) is 11.1 Å². The zero-order chi connectivity index (χ0) is 25.4. The van der Waals surface area contributed by atoms with Gasteiger partial charge in [0.25, 0.3) is 5.91 Å². The van der Waals surface area contributed by atoms with Crippen molar-refractivity contribution in [3.05, 3.63) is 29.7 Å². The second-order valence-electron chi connectivity index (χ2n) is 9.80. The minimum Gasteiger partial charge on any atom is -0.473 e. The first-order valence-electron chi connectivity index (χ1n) is 12.3. The minimum absolute atomic E-state index is 0.0577. The van der Waals surface area contributed by atoms with Crippen molar-refractivity contribution in [3.8, 4) is 5.88 Å². The SMILES string of the molecule is Cn1nccc1C(=O)N[C@H](c1cc2n(n1)CCC(CN1C[C@@H](C(F)(F)F)NC1=O)O2)C1CCCCC1. The topological polar surface area (TPSA) is 106 Å². The molecule has 0 spiro atoms. The number of carbonyl (C=O) groups excluding carboxylic acids is 2. The lowest BCUT2D eigenvalue weighted by molar-refractivity contribution is -0.150. The number of hydrogen-bond acceptors (Lipinski definition) is 5. The molecule has 3 aliphatic rings. The number of urea groups is 1. The number of halogens is 3. The van der Waals surface area contributed by atoms with Crippen LogP contribution in [0.4, 0.5) is 18.0 Å². The third-order valence-electron chi connectivity index (χ3n) is 7.30. The van der Waals surface area contributed by atoms with Gasteiger partial charge in [-0.05, 0) is 24.8 Å². The smallest absolute Gasteiger partial charge is 0.410 e. The highest BCUT2D eigenvalue weighted by molar-refractivity contribution is 5.92. The Kier molecular flexibility index (Phi) is 6.56. The van der Waals surface area contributed by atoms with Gasteiger partial charge in [0.2, 0.25) is 5.88 Å². The molecule has 0 radical (unpaired) electrons. The molecule has 0 aromatic carbocycles. The number of hydrogen-bond donors (Lipinski definition) is 2. The van der Waals surface area contributed by atoms with Crippen LogP contribution in [-0.2, 0) is 13.6 Å². The van der Waals surface area contributed by atoms with Gasteiger partial charge in [0.1, 0.15) is 17.8 Å². The molecule has 2 aromatic rings. The van der Waals surface area contributed by atoms with E-state index in [2.05, 4.69) is 10.4 Å². The molecule has 2 aromatic heterocycles. The Morgan fingerprint density at radius 3 is 2.72 bits per heavy atom. The number of nitrogens with zero attached hydrogens (tertiary/aromatic N) is 5. The van der Waals surface area contributed by atoms with E-state index in [0.29, 0.717) is 30.2 Å². The van der Waals surface area contributed by atoms with Crippen LogP contribution < -0.4 is 15.4 Å². The van der Waals surface area contributed by atoms with Crippen LogP contribution in [0.25, 0.3) is 0 Å². The molecule has 36 heavy (non-hydrogen) atoms. The zero-order valence-corrected chi connectivity index (χ0v) is 20.0. The molecule has 13 heteroatoms. The van der Waals surface area contributed by atoms with Gasteiger partial charge in [0.15, 0.2) is 0 Å². The second kappa shape index (κ2) is 9.66. The summed E-state index contributed by atoms with van der Waals surface area (Å²) < 4.78 is 48.3. The standard InChI is InChI=1S/C23H30F3N7O3/c1-31-17(7-9-27-31)21(34)29-20(14-5-3-2-4-6-14)16-11-19-33(30-16)10-8-15(36-19)12-32-13-18(23(24,25)26)28-22(32)35/h7,9,11,14-15,18,20H,2-6,8,10,12-13H2,1H3,(H,28,35)(H,29,34)/t15?,18-,20-/m0/s1. The van der Waals surface area contributed by atoms with Gasteiger partial charge in [-0.15, -0.1) is 0 Å². The molecule has 2 N–H and O–H groups in total. The molecular weight excluding hydrogens is 479 g/mol. The number of carbonyl (C=O) groups is 2.